The molecule has 4 aromatic rings. The molecule has 0 aliphatic heterocycles. The smallest absolute Gasteiger partial charge is 0.345 e. The number of methoxy groups -OCH3 is 1. The molecule has 0 aliphatic rings. The van der Waals surface area contributed by atoms with Crippen molar-refractivity contribution >= 4 is 23.0 Å². The summed E-state index contributed by atoms with van der Waals surface area (Å²) < 4.78 is 12.1. The van der Waals surface area contributed by atoms with Gasteiger partial charge in [-0.15, -0.1) is 0 Å². The fourth-order valence-corrected chi connectivity index (χ4v) is 3.46. The van der Waals surface area contributed by atoms with Crippen molar-refractivity contribution < 1.29 is 13.9 Å². The number of aromatic nitrogens is 2. The van der Waals surface area contributed by atoms with Gasteiger partial charge in [-0.2, -0.15) is 10.4 Å². The van der Waals surface area contributed by atoms with E-state index in [4.69, 9.17) is 9.15 Å². The molecule has 0 saturated carbocycles. The summed E-state index contributed by atoms with van der Waals surface area (Å²) in [7, 11) is 1.58. The molecule has 2 aromatic carbocycles. The Bertz CT molecular complexity index is 1450. The predicted molar refractivity (Wildman–Crippen MR) is 128 cm³/mol. The maximum absolute atomic E-state index is 12.8. The topological polar surface area (TPSA) is 110 Å². The van der Waals surface area contributed by atoms with Crippen LogP contribution in [-0.2, 0) is 9.53 Å². The first-order valence-electron chi connectivity index (χ1n) is 10.7. The lowest BCUT2D eigenvalue weighted by atomic mass is 10.1. The van der Waals surface area contributed by atoms with Crippen LogP contribution in [0.4, 0.5) is 0 Å². The predicted octanol–water partition coefficient (Wildman–Crippen LogP) is 3.71. The SMILES string of the molecule is COCCCNC(=O)/C(C#N)=C\c1cn(-c2ccccc2)nc1-c1cc2ccccc2oc1=O. The minimum atomic E-state index is -0.561. The second-order valence-corrected chi connectivity index (χ2v) is 7.47. The second kappa shape index (κ2) is 10.4. The number of benzene rings is 2. The summed E-state index contributed by atoms with van der Waals surface area (Å²) in [5.41, 5.74) is 1.54. The van der Waals surface area contributed by atoms with E-state index >= 15 is 0 Å². The Morgan fingerprint density at radius 3 is 2.74 bits per heavy atom. The standard InChI is InChI=1S/C26H22N4O4/c1-33-13-7-12-28-25(31)19(16-27)14-20-17-30(21-9-3-2-4-10-21)29-24(20)22-15-18-8-5-6-11-23(18)34-26(22)32/h2-6,8-11,14-15,17H,7,12-13H2,1H3,(H,28,31)/b19-14-. The highest BCUT2D eigenvalue weighted by atomic mass is 16.5. The lowest BCUT2D eigenvalue weighted by Gasteiger charge is -2.04. The van der Waals surface area contributed by atoms with Crippen LogP contribution in [0.1, 0.15) is 12.0 Å². The molecule has 1 amide bonds. The first kappa shape index (κ1) is 22.7. The van der Waals surface area contributed by atoms with E-state index in [2.05, 4.69) is 10.4 Å². The first-order valence-corrected chi connectivity index (χ1v) is 10.7. The summed E-state index contributed by atoms with van der Waals surface area (Å²) >= 11 is 0. The van der Waals surface area contributed by atoms with Gasteiger partial charge in [0.1, 0.15) is 22.9 Å². The Morgan fingerprint density at radius 2 is 1.97 bits per heavy atom. The van der Waals surface area contributed by atoms with Gasteiger partial charge >= 0.3 is 5.63 Å². The van der Waals surface area contributed by atoms with Crippen LogP contribution in [-0.4, -0.2) is 35.9 Å². The number of hydrogen-bond donors (Lipinski definition) is 1. The number of nitrogens with one attached hydrogen (secondary N) is 1. The Balaban J connectivity index is 1.80. The largest absolute Gasteiger partial charge is 0.422 e. The van der Waals surface area contributed by atoms with E-state index in [0.29, 0.717) is 36.4 Å². The second-order valence-electron chi connectivity index (χ2n) is 7.47. The van der Waals surface area contributed by atoms with Crippen molar-refractivity contribution in [3.8, 4) is 23.0 Å². The summed E-state index contributed by atoms with van der Waals surface area (Å²) in [5.74, 6) is -0.512. The number of carbonyl (C=O) groups is 1. The Labute approximate surface area is 195 Å². The van der Waals surface area contributed by atoms with Gasteiger partial charge in [0.25, 0.3) is 5.91 Å². The number of nitriles is 1. The molecule has 0 radical (unpaired) electrons. The average Bonchev–Trinajstić information content (AvgIpc) is 3.28. The Hall–Kier alpha value is -4.48. The fraction of sp³-hybridized carbons (Fsp3) is 0.154. The quantitative estimate of drug-likeness (QED) is 0.188. The normalized spacial score (nSPS) is 11.4. The van der Waals surface area contributed by atoms with Gasteiger partial charge in [-0.3, -0.25) is 4.79 Å². The van der Waals surface area contributed by atoms with Crippen molar-refractivity contribution in [1.82, 2.24) is 15.1 Å². The van der Waals surface area contributed by atoms with Gasteiger partial charge in [-0.1, -0.05) is 36.4 Å². The summed E-state index contributed by atoms with van der Waals surface area (Å²) in [5, 5.41) is 17.7. The molecule has 0 atom stereocenters. The van der Waals surface area contributed by atoms with E-state index in [1.807, 2.05) is 48.5 Å². The summed E-state index contributed by atoms with van der Waals surface area (Å²) in [6.07, 6.45) is 3.73. The number of amides is 1. The van der Waals surface area contributed by atoms with Crippen molar-refractivity contribution in [2.75, 3.05) is 20.3 Å². The summed E-state index contributed by atoms with van der Waals surface area (Å²) in [6, 6.07) is 20.2. The zero-order valence-corrected chi connectivity index (χ0v) is 18.5. The van der Waals surface area contributed by atoms with E-state index in [0.717, 1.165) is 11.1 Å². The molecule has 0 bridgehead atoms. The van der Waals surface area contributed by atoms with E-state index in [-0.39, 0.29) is 11.1 Å². The van der Waals surface area contributed by atoms with E-state index in [1.165, 1.54) is 6.08 Å². The average molecular weight is 454 g/mol. The number of hydrogen-bond acceptors (Lipinski definition) is 6. The monoisotopic (exact) mass is 454 g/mol. The summed E-state index contributed by atoms with van der Waals surface area (Å²) in [4.78, 5) is 25.4. The highest BCUT2D eigenvalue weighted by Crippen LogP contribution is 2.26. The molecule has 170 valence electrons. The maximum Gasteiger partial charge on any atom is 0.345 e. The molecule has 1 N–H and O–H groups in total. The fourth-order valence-electron chi connectivity index (χ4n) is 3.46. The molecule has 8 nitrogen and oxygen atoms in total. The van der Waals surface area contributed by atoms with Crippen LogP contribution in [0.5, 0.6) is 0 Å². The van der Waals surface area contributed by atoms with Crippen LogP contribution in [0.25, 0.3) is 34.0 Å². The molecular formula is C26H22N4O4. The van der Waals surface area contributed by atoms with Crippen LogP contribution >= 0.6 is 0 Å². The van der Waals surface area contributed by atoms with Crippen LogP contribution in [0, 0.1) is 11.3 Å². The molecule has 8 heteroatoms. The van der Waals surface area contributed by atoms with Crippen molar-refractivity contribution in [3.63, 3.8) is 0 Å². The Kier molecular flexibility index (Phi) is 6.96. The highest BCUT2D eigenvalue weighted by Gasteiger charge is 2.18. The van der Waals surface area contributed by atoms with Crippen molar-refractivity contribution in [3.05, 3.63) is 88.4 Å². The van der Waals surface area contributed by atoms with Gasteiger partial charge in [0.15, 0.2) is 0 Å². The molecule has 0 spiro atoms. The number of ether oxygens (including phenoxy) is 1. The van der Waals surface area contributed by atoms with E-state index in [9.17, 15) is 14.9 Å². The molecular weight excluding hydrogens is 432 g/mol. The number of nitrogens with zero attached hydrogens (tertiary/aromatic N) is 3. The molecule has 0 saturated heterocycles. The molecule has 2 aromatic heterocycles. The van der Waals surface area contributed by atoms with E-state index in [1.54, 1.807) is 36.2 Å². The van der Waals surface area contributed by atoms with E-state index < -0.39 is 11.5 Å². The number of fused-ring (bicyclic) bond motifs is 1. The van der Waals surface area contributed by atoms with Crippen molar-refractivity contribution in [2.45, 2.75) is 6.42 Å². The van der Waals surface area contributed by atoms with Gasteiger partial charge in [0, 0.05) is 37.4 Å². The molecule has 34 heavy (non-hydrogen) atoms. The van der Waals surface area contributed by atoms with Gasteiger partial charge in [-0.05, 0) is 36.8 Å². The minimum absolute atomic E-state index is 0.101. The number of carbonyl (C=O) groups excluding carboxylic acids is 1. The van der Waals surface area contributed by atoms with Crippen LogP contribution in [0.3, 0.4) is 0 Å². The molecule has 0 aliphatic carbocycles. The van der Waals surface area contributed by atoms with Gasteiger partial charge < -0.3 is 14.5 Å². The molecule has 0 unspecified atom stereocenters. The van der Waals surface area contributed by atoms with Gasteiger partial charge in [0.05, 0.1) is 11.3 Å². The number of para-hydroxylation sites is 2. The zero-order valence-electron chi connectivity index (χ0n) is 18.5. The maximum atomic E-state index is 12.8. The zero-order chi connectivity index (χ0) is 23.9. The van der Waals surface area contributed by atoms with Gasteiger partial charge in [-0.25, -0.2) is 9.48 Å². The van der Waals surface area contributed by atoms with Crippen molar-refractivity contribution in [2.24, 2.45) is 0 Å². The molecule has 0 fully saturated rings. The number of rotatable bonds is 8. The highest BCUT2D eigenvalue weighted by molar-refractivity contribution is 6.02. The molecule has 2 heterocycles. The Morgan fingerprint density at radius 1 is 1.21 bits per heavy atom. The third-order valence-electron chi connectivity index (χ3n) is 5.14. The third-order valence-corrected chi connectivity index (χ3v) is 5.14. The van der Waals surface area contributed by atoms with Crippen LogP contribution in [0.2, 0.25) is 0 Å². The van der Waals surface area contributed by atoms with Crippen molar-refractivity contribution in [1.29, 1.82) is 5.26 Å². The minimum Gasteiger partial charge on any atom is -0.422 e. The lowest BCUT2D eigenvalue weighted by Crippen LogP contribution is -2.26. The first-order chi connectivity index (χ1) is 16.6. The van der Waals surface area contributed by atoms with Gasteiger partial charge in [0.2, 0.25) is 0 Å². The third kappa shape index (κ3) is 4.95. The summed E-state index contributed by atoms with van der Waals surface area (Å²) in [6.45, 7) is 0.869. The van der Waals surface area contributed by atoms with Crippen LogP contribution < -0.4 is 10.9 Å². The molecule has 4 rings (SSSR count). The lowest BCUT2D eigenvalue weighted by molar-refractivity contribution is -0.117. The van der Waals surface area contributed by atoms with Crippen LogP contribution in [0.15, 0.2) is 81.6 Å².